The summed E-state index contributed by atoms with van der Waals surface area (Å²) in [5.41, 5.74) is 1.74. The fourth-order valence-corrected chi connectivity index (χ4v) is 4.56. The third-order valence-corrected chi connectivity index (χ3v) is 6.47. The van der Waals surface area contributed by atoms with Crippen molar-refractivity contribution in [2.45, 2.75) is 6.04 Å². The summed E-state index contributed by atoms with van der Waals surface area (Å²) in [7, 11) is 3.26. The number of rotatable bonds is 8. The molecule has 1 saturated heterocycles. The molecule has 2 aromatic heterocycles. The normalized spacial score (nSPS) is 15.2. The minimum absolute atomic E-state index is 0.0779. The maximum absolute atomic E-state index is 12.9. The van der Waals surface area contributed by atoms with Crippen LogP contribution in [-0.4, -0.2) is 57.8 Å². The summed E-state index contributed by atoms with van der Waals surface area (Å²) in [6, 6.07) is 19.2. The Morgan fingerprint density at radius 1 is 1.00 bits per heavy atom. The molecule has 0 radical (unpaired) electrons. The number of furan rings is 2. The Kier molecular flexibility index (Phi) is 6.63. The van der Waals surface area contributed by atoms with Crippen LogP contribution in [0.15, 0.2) is 75.8 Å². The lowest BCUT2D eigenvalue weighted by molar-refractivity contribution is 0.0897. The van der Waals surface area contributed by atoms with E-state index in [0.29, 0.717) is 17.9 Å². The number of anilines is 1. The van der Waals surface area contributed by atoms with E-state index in [0.717, 1.165) is 43.1 Å². The number of amides is 1. The Morgan fingerprint density at radius 2 is 1.80 bits per heavy atom. The molecule has 1 atom stereocenters. The molecule has 0 saturated carbocycles. The number of para-hydroxylation sites is 1. The van der Waals surface area contributed by atoms with E-state index < -0.39 is 0 Å². The summed E-state index contributed by atoms with van der Waals surface area (Å²) in [6.07, 6.45) is 1.67. The number of piperazine rings is 1. The molecule has 5 rings (SSSR count). The first-order valence-electron chi connectivity index (χ1n) is 11.7. The summed E-state index contributed by atoms with van der Waals surface area (Å²) in [5.74, 6) is 2.27. The molecule has 1 N–H and O–H groups in total. The summed E-state index contributed by atoms with van der Waals surface area (Å²) in [4.78, 5) is 17.7. The molecule has 3 heterocycles. The molecule has 1 unspecified atom stereocenters. The van der Waals surface area contributed by atoms with Crippen molar-refractivity contribution in [3.63, 3.8) is 0 Å². The summed E-state index contributed by atoms with van der Waals surface area (Å²) in [6.45, 7) is 3.84. The van der Waals surface area contributed by atoms with E-state index >= 15 is 0 Å². The Bertz CT molecular complexity index is 1260. The van der Waals surface area contributed by atoms with Gasteiger partial charge in [0.1, 0.15) is 11.5 Å². The van der Waals surface area contributed by atoms with Crippen molar-refractivity contribution in [1.29, 1.82) is 0 Å². The quantitative estimate of drug-likeness (QED) is 0.406. The number of methoxy groups -OCH3 is 2. The molecule has 0 spiro atoms. The Labute approximate surface area is 204 Å². The zero-order valence-electron chi connectivity index (χ0n) is 19.9. The van der Waals surface area contributed by atoms with E-state index in [1.165, 1.54) is 5.69 Å². The second-order valence-electron chi connectivity index (χ2n) is 8.45. The van der Waals surface area contributed by atoms with Crippen LogP contribution < -0.4 is 19.7 Å². The second-order valence-corrected chi connectivity index (χ2v) is 8.45. The highest BCUT2D eigenvalue weighted by Crippen LogP contribution is 2.29. The monoisotopic (exact) mass is 475 g/mol. The standard InChI is InChI=1S/C27H29N3O5/c1-32-21-10-8-20(9-11-21)29-12-14-30(15-13-29)22(23-7-4-16-34-23)18-28-27(31)25-17-19-5-3-6-24(33-2)26(19)35-25/h3-11,16-17,22H,12-15,18H2,1-2H3,(H,28,31). The SMILES string of the molecule is COc1ccc(N2CCN(C(CNC(=O)c3cc4cccc(OC)c4o3)c3ccco3)CC2)cc1. The van der Waals surface area contributed by atoms with Gasteiger partial charge in [0.25, 0.3) is 5.91 Å². The number of nitrogens with zero attached hydrogens (tertiary/aromatic N) is 2. The Hall–Kier alpha value is -3.91. The van der Waals surface area contributed by atoms with Crippen LogP contribution in [0.5, 0.6) is 11.5 Å². The number of carbonyl (C=O) groups excluding carboxylic acids is 1. The van der Waals surface area contributed by atoms with Crippen LogP contribution in [-0.2, 0) is 0 Å². The molecule has 35 heavy (non-hydrogen) atoms. The molecule has 1 aliphatic rings. The zero-order chi connectivity index (χ0) is 24.2. The van der Waals surface area contributed by atoms with Crippen molar-refractivity contribution in [3.05, 3.63) is 78.4 Å². The molecular formula is C27H29N3O5. The van der Waals surface area contributed by atoms with Gasteiger partial charge in [-0.2, -0.15) is 0 Å². The minimum Gasteiger partial charge on any atom is -0.497 e. The number of ether oxygens (including phenoxy) is 2. The van der Waals surface area contributed by atoms with Crippen LogP contribution in [0, 0.1) is 0 Å². The van der Waals surface area contributed by atoms with E-state index in [-0.39, 0.29) is 17.7 Å². The summed E-state index contributed by atoms with van der Waals surface area (Å²) >= 11 is 0. The van der Waals surface area contributed by atoms with Gasteiger partial charge in [-0.15, -0.1) is 0 Å². The van der Waals surface area contributed by atoms with E-state index in [4.69, 9.17) is 18.3 Å². The zero-order valence-corrected chi connectivity index (χ0v) is 19.9. The van der Waals surface area contributed by atoms with Crippen LogP contribution in [0.2, 0.25) is 0 Å². The fraction of sp³-hybridized carbons (Fsp3) is 0.296. The van der Waals surface area contributed by atoms with Crippen LogP contribution in [0.3, 0.4) is 0 Å². The van der Waals surface area contributed by atoms with Crippen LogP contribution in [0.25, 0.3) is 11.0 Å². The van der Waals surface area contributed by atoms with Crippen molar-refractivity contribution in [1.82, 2.24) is 10.2 Å². The highest BCUT2D eigenvalue weighted by atomic mass is 16.5. The largest absolute Gasteiger partial charge is 0.497 e. The van der Waals surface area contributed by atoms with E-state index in [1.54, 1.807) is 26.5 Å². The van der Waals surface area contributed by atoms with Gasteiger partial charge in [-0.3, -0.25) is 9.69 Å². The van der Waals surface area contributed by atoms with Gasteiger partial charge in [0.2, 0.25) is 0 Å². The van der Waals surface area contributed by atoms with E-state index in [9.17, 15) is 4.79 Å². The lowest BCUT2D eigenvalue weighted by Gasteiger charge is -2.39. The van der Waals surface area contributed by atoms with Crippen molar-refractivity contribution in [2.75, 3.05) is 51.8 Å². The topological polar surface area (TPSA) is 80.3 Å². The third kappa shape index (κ3) is 4.83. The van der Waals surface area contributed by atoms with Crippen LogP contribution in [0.1, 0.15) is 22.4 Å². The van der Waals surface area contributed by atoms with Crippen molar-refractivity contribution in [3.8, 4) is 11.5 Å². The highest BCUT2D eigenvalue weighted by Gasteiger charge is 2.28. The van der Waals surface area contributed by atoms with Gasteiger partial charge in [0, 0.05) is 43.8 Å². The Morgan fingerprint density at radius 3 is 2.49 bits per heavy atom. The van der Waals surface area contributed by atoms with Crippen LogP contribution >= 0.6 is 0 Å². The molecule has 4 aromatic rings. The molecule has 8 heteroatoms. The second kappa shape index (κ2) is 10.1. The molecule has 2 aromatic carbocycles. The van der Waals surface area contributed by atoms with Crippen molar-refractivity contribution < 1.29 is 23.1 Å². The number of hydrogen-bond acceptors (Lipinski definition) is 7. The minimum atomic E-state index is -0.267. The molecular weight excluding hydrogens is 446 g/mol. The predicted molar refractivity (Wildman–Crippen MR) is 133 cm³/mol. The number of hydrogen-bond donors (Lipinski definition) is 1. The van der Waals surface area contributed by atoms with Gasteiger partial charge >= 0.3 is 0 Å². The lowest BCUT2D eigenvalue weighted by Crippen LogP contribution is -2.49. The third-order valence-electron chi connectivity index (χ3n) is 6.47. The molecule has 1 fully saturated rings. The Balaban J connectivity index is 1.25. The lowest BCUT2D eigenvalue weighted by atomic mass is 10.1. The van der Waals surface area contributed by atoms with Crippen molar-refractivity contribution >= 4 is 22.6 Å². The average molecular weight is 476 g/mol. The first kappa shape index (κ1) is 22.9. The van der Waals surface area contributed by atoms with Gasteiger partial charge in [-0.25, -0.2) is 0 Å². The average Bonchev–Trinajstić information content (AvgIpc) is 3.59. The van der Waals surface area contributed by atoms with Gasteiger partial charge in [-0.05, 0) is 48.5 Å². The number of benzene rings is 2. The first-order valence-corrected chi connectivity index (χ1v) is 11.7. The van der Waals surface area contributed by atoms with Gasteiger partial charge in [0.15, 0.2) is 17.1 Å². The molecule has 1 aliphatic heterocycles. The number of fused-ring (bicyclic) bond motifs is 1. The summed E-state index contributed by atoms with van der Waals surface area (Å²) < 4.78 is 22.2. The maximum Gasteiger partial charge on any atom is 0.287 e. The van der Waals surface area contributed by atoms with Crippen molar-refractivity contribution in [2.24, 2.45) is 0 Å². The maximum atomic E-state index is 12.9. The number of nitrogens with one attached hydrogen (secondary N) is 1. The molecule has 0 aliphatic carbocycles. The molecule has 182 valence electrons. The first-order chi connectivity index (χ1) is 17.2. The number of carbonyl (C=O) groups is 1. The molecule has 0 bridgehead atoms. The van der Waals surface area contributed by atoms with Gasteiger partial charge in [0.05, 0.1) is 26.5 Å². The fourth-order valence-electron chi connectivity index (χ4n) is 4.56. The van der Waals surface area contributed by atoms with Gasteiger partial charge < -0.3 is 28.5 Å². The molecule has 1 amide bonds. The highest BCUT2D eigenvalue weighted by molar-refractivity contribution is 5.97. The smallest absolute Gasteiger partial charge is 0.287 e. The van der Waals surface area contributed by atoms with Crippen LogP contribution in [0.4, 0.5) is 5.69 Å². The predicted octanol–water partition coefficient (Wildman–Crippen LogP) is 4.34. The van der Waals surface area contributed by atoms with E-state index in [1.807, 2.05) is 42.5 Å². The van der Waals surface area contributed by atoms with Gasteiger partial charge in [-0.1, -0.05) is 12.1 Å². The van der Waals surface area contributed by atoms with E-state index in [2.05, 4.69) is 27.2 Å². The summed E-state index contributed by atoms with van der Waals surface area (Å²) in [5, 5.41) is 3.86. The molecule has 8 nitrogen and oxygen atoms in total.